The van der Waals surface area contributed by atoms with Crippen LogP contribution >= 0.6 is 0 Å². The molecule has 0 radical (unpaired) electrons. The Morgan fingerprint density at radius 2 is 1.97 bits per heavy atom. The van der Waals surface area contributed by atoms with E-state index in [1.165, 1.54) is 0 Å². The summed E-state index contributed by atoms with van der Waals surface area (Å²) in [4.78, 5) is 11.6. The van der Waals surface area contributed by atoms with Gasteiger partial charge in [0.1, 0.15) is 11.3 Å². The second-order valence-electron chi connectivity index (χ2n) is 7.33. The summed E-state index contributed by atoms with van der Waals surface area (Å²) in [5.74, 6) is 3.11. The Hall–Kier alpha value is -3.19. The minimum Gasteiger partial charge on any atom is -0.497 e. The van der Waals surface area contributed by atoms with Crippen LogP contribution in [0.2, 0.25) is 0 Å². The van der Waals surface area contributed by atoms with Crippen molar-refractivity contribution in [2.24, 2.45) is 0 Å². The van der Waals surface area contributed by atoms with E-state index in [-0.39, 0.29) is 5.92 Å². The molecule has 148 valence electrons. The molecule has 0 saturated carbocycles. The van der Waals surface area contributed by atoms with Crippen molar-refractivity contribution in [1.82, 2.24) is 20.0 Å². The highest BCUT2D eigenvalue weighted by atomic mass is 16.5. The number of benzene rings is 2. The number of ether oxygens (including phenoxy) is 1. The number of para-hydroxylation sites is 2. The van der Waals surface area contributed by atoms with E-state index in [4.69, 9.17) is 13.7 Å². The minimum atomic E-state index is 0.278. The van der Waals surface area contributed by atoms with Crippen LogP contribution in [-0.4, -0.2) is 40.2 Å². The quantitative estimate of drug-likeness (QED) is 0.504. The van der Waals surface area contributed by atoms with Crippen LogP contribution in [0.1, 0.15) is 30.5 Å². The second kappa shape index (κ2) is 7.67. The smallest absolute Gasteiger partial charge is 0.241 e. The monoisotopic (exact) mass is 390 g/mol. The largest absolute Gasteiger partial charge is 0.497 e. The number of nitrogens with zero attached hydrogens (tertiary/aromatic N) is 4. The normalized spacial score (nSPS) is 17.6. The number of aromatic nitrogens is 3. The van der Waals surface area contributed by atoms with Gasteiger partial charge in [-0.2, -0.15) is 4.98 Å². The van der Waals surface area contributed by atoms with Gasteiger partial charge in [0.2, 0.25) is 11.7 Å². The first-order chi connectivity index (χ1) is 14.3. The SMILES string of the molecule is COc1ccc(-c2noc(CN3CCC[C@@H](c4nc5ccccc5o4)C3)n2)cc1. The average molecular weight is 390 g/mol. The summed E-state index contributed by atoms with van der Waals surface area (Å²) in [7, 11) is 1.65. The van der Waals surface area contributed by atoms with Crippen LogP contribution in [0.3, 0.4) is 0 Å². The molecular formula is C22H22N4O3. The zero-order valence-electron chi connectivity index (χ0n) is 16.2. The number of hydrogen-bond donors (Lipinski definition) is 0. The zero-order chi connectivity index (χ0) is 19.6. The number of hydrogen-bond acceptors (Lipinski definition) is 7. The van der Waals surface area contributed by atoms with Gasteiger partial charge in [0.15, 0.2) is 11.5 Å². The van der Waals surface area contributed by atoms with Crippen molar-refractivity contribution in [3.8, 4) is 17.1 Å². The first-order valence-electron chi connectivity index (χ1n) is 9.83. The highest BCUT2D eigenvalue weighted by Gasteiger charge is 2.26. The van der Waals surface area contributed by atoms with Crippen molar-refractivity contribution in [3.05, 3.63) is 60.3 Å². The lowest BCUT2D eigenvalue weighted by molar-refractivity contribution is 0.167. The fourth-order valence-corrected chi connectivity index (χ4v) is 3.83. The number of fused-ring (bicyclic) bond motifs is 1. The molecule has 1 aliphatic heterocycles. The molecule has 2 aromatic heterocycles. The summed E-state index contributed by atoms with van der Waals surface area (Å²) >= 11 is 0. The zero-order valence-corrected chi connectivity index (χ0v) is 16.2. The number of methoxy groups -OCH3 is 1. The molecule has 3 heterocycles. The molecule has 1 aliphatic rings. The highest BCUT2D eigenvalue weighted by molar-refractivity contribution is 5.72. The maximum atomic E-state index is 5.99. The fraction of sp³-hybridized carbons (Fsp3) is 0.318. The van der Waals surface area contributed by atoms with Gasteiger partial charge in [-0.25, -0.2) is 4.98 Å². The predicted molar refractivity (Wildman–Crippen MR) is 108 cm³/mol. The molecule has 0 N–H and O–H groups in total. The van der Waals surface area contributed by atoms with Crippen LogP contribution in [0.5, 0.6) is 5.75 Å². The van der Waals surface area contributed by atoms with E-state index < -0.39 is 0 Å². The van der Waals surface area contributed by atoms with Crippen molar-refractivity contribution in [2.75, 3.05) is 20.2 Å². The van der Waals surface area contributed by atoms with Gasteiger partial charge in [-0.05, 0) is 55.8 Å². The van der Waals surface area contributed by atoms with Gasteiger partial charge in [0.05, 0.1) is 13.7 Å². The third-order valence-corrected chi connectivity index (χ3v) is 5.34. The molecule has 2 aromatic carbocycles. The van der Waals surface area contributed by atoms with E-state index in [0.29, 0.717) is 18.3 Å². The van der Waals surface area contributed by atoms with Gasteiger partial charge in [-0.15, -0.1) is 0 Å². The van der Waals surface area contributed by atoms with Crippen molar-refractivity contribution in [1.29, 1.82) is 0 Å². The van der Waals surface area contributed by atoms with Crippen molar-refractivity contribution >= 4 is 11.1 Å². The van der Waals surface area contributed by atoms with E-state index in [2.05, 4.69) is 20.0 Å². The average Bonchev–Trinajstić information content (AvgIpc) is 3.41. The lowest BCUT2D eigenvalue weighted by Crippen LogP contribution is -2.34. The third kappa shape index (κ3) is 3.73. The predicted octanol–water partition coefficient (Wildman–Crippen LogP) is 4.27. The van der Waals surface area contributed by atoms with Gasteiger partial charge in [0, 0.05) is 18.0 Å². The van der Waals surface area contributed by atoms with Crippen molar-refractivity contribution in [3.63, 3.8) is 0 Å². The molecule has 0 unspecified atom stereocenters. The first kappa shape index (κ1) is 17.9. The van der Waals surface area contributed by atoms with Gasteiger partial charge < -0.3 is 13.7 Å². The van der Waals surface area contributed by atoms with Crippen LogP contribution < -0.4 is 4.74 Å². The Bertz CT molecular complexity index is 1070. The molecule has 1 atom stereocenters. The summed E-state index contributed by atoms with van der Waals surface area (Å²) in [6.45, 7) is 2.49. The molecule has 1 saturated heterocycles. The number of piperidine rings is 1. The van der Waals surface area contributed by atoms with Crippen LogP contribution in [0.25, 0.3) is 22.5 Å². The van der Waals surface area contributed by atoms with E-state index in [0.717, 1.165) is 54.2 Å². The molecule has 7 heteroatoms. The molecule has 1 fully saturated rings. The first-order valence-corrected chi connectivity index (χ1v) is 9.83. The maximum absolute atomic E-state index is 5.99. The van der Waals surface area contributed by atoms with E-state index in [1.807, 2.05) is 48.5 Å². The lowest BCUT2D eigenvalue weighted by atomic mass is 9.98. The van der Waals surface area contributed by atoms with Crippen LogP contribution in [-0.2, 0) is 6.54 Å². The minimum absolute atomic E-state index is 0.278. The van der Waals surface area contributed by atoms with E-state index >= 15 is 0 Å². The van der Waals surface area contributed by atoms with Gasteiger partial charge in [0.25, 0.3) is 0 Å². The summed E-state index contributed by atoms with van der Waals surface area (Å²) in [5.41, 5.74) is 2.67. The molecule has 7 nitrogen and oxygen atoms in total. The van der Waals surface area contributed by atoms with Crippen LogP contribution in [0.4, 0.5) is 0 Å². The molecule has 4 aromatic rings. The fourth-order valence-electron chi connectivity index (χ4n) is 3.83. The van der Waals surface area contributed by atoms with Crippen LogP contribution in [0, 0.1) is 0 Å². The number of oxazole rings is 1. The van der Waals surface area contributed by atoms with E-state index in [9.17, 15) is 0 Å². The second-order valence-corrected chi connectivity index (χ2v) is 7.33. The Morgan fingerprint density at radius 1 is 1.10 bits per heavy atom. The van der Waals surface area contributed by atoms with Gasteiger partial charge >= 0.3 is 0 Å². The van der Waals surface area contributed by atoms with Crippen molar-refractivity contribution in [2.45, 2.75) is 25.3 Å². The standard InChI is InChI=1S/C22H22N4O3/c1-27-17-10-8-15(9-11-17)21-24-20(29-25-21)14-26-12-4-5-16(13-26)22-23-18-6-2-3-7-19(18)28-22/h2-3,6-11,16H,4-5,12-14H2,1H3/t16-/m1/s1. The molecule has 0 aliphatic carbocycles. The Balaban J connectivity index is 1.27. The molecule has 29 heavy (non-hydrogen) atoms. The number of rotatable bonds is 5. The summed E-state index contributed by atoms with van der Waals surface area (Å²) < 4.78 is 16.7. The van der Waals surface area contributed by atoms with Crippen LogP contribution in [0.15, 0.2) is 57.5 Å². The molecular weight excluding hydrogens is 368 g/mol. The summed E-state index contributed by atoms with van der Waals surface area (Å²) in [5, 5.41) is 4.13. The molecule has 0 amide bonds. The Kier molecular flexibility index (Phi) is 4.73. The van der Waals surface area contributed by atoms with Gasteiger partial charge in [-0.1, -0.05) is 17.3 Å². The Labute approximate surface area is 168 Å². The molecule has 5 rings (SSSR count). The summed E-state index contributed by atoms with van der Waals surface area (Å²) in [6.07, 6.45) is 2.16. The van der Waals surface area contributed by atoms with E-state index in [1.54, 1.807) is 7.11 Å². The number of likely N-dealkylation sites (tertiary alicyclic amines) is 1. The lowest BCUT2D eigenvalue weighted by Gasteiger charge is -2.29. The topological polar surface area (TPSA) is 77.4 Å². The summed E-state index contributed by atoms with van der Waals surface area (Å²) in [6, 6.07) is 15.5. The molecule has 0 spiro atoms. The van der Waals surface area contributed by atoms with Gasteiger partial charge in [-0.3, -0.25) is 4.90 Å². The Morgan fingerprint density at radius 3 is 2.79 bits per heavy atom. The van der Waals surface area contributed by atoms with Crippen molar-refractivity contribution < 1.29 is 13.7 Å². The third-order valence-electron chi connectivity index (χ3n) is 5.34. The molecule has 0 bridgehead atoms. The highest BCUT2D eigenvalue weighted by Crippen LogP contribution is 2.29. The maximum Gasteiger partial charge on any atom is 0.241 e.